The Morgan fingerprint density at radius 2 is 1.95 bits per heavy atom. The number of hydrogen-bond donors (Lipinski definition) is 0. The van der Waals surface area contributed by atoms with Gasteiger partial charge in [0.05, 0.1) is 7.11 Å². The molecule has 0 bridgehead atoms. The van der Waals surface area contributed by atoms with Gasteiger partial charge in [-0.25, -0.2) is 0 Å². The quantitative estimate of drug-likeness (QED) is 0.739. The van der Waals surface area contributed by atoms with E-state index in [1.54, 1.807) is 24.3 Å². The lowest BCUT2D eigenvalue weighted by Gasteiger charge is -2.09. The highest BCUT2D eigenvalue weighted by molar-refractivity contribution is 7.90. The number of methoxy groups -OCH3 is 1. The molecule has 0 radical (unpaired) electrons. The number of para-hydroxylation sites is 1. The van der Waals surface area contributed by atoms with E-state index in [4.69, 9.17) is 16.3 Å². The van der Waals surface area contributed by atoms with Crippen molar-refractivity contribution < 1.29 is 13.2 Å². The summed E-state index contributed by atoms with van der Waals surface area (Å²) in [4.78, 5) is -0.0231. The Balaban J connectivity index is 2.26. The SMILES string of the molecule is COc1cc(Cl)ccc1S(=O)(=O)n1nnc2ccccc21. The lowest BCUT2D eigenvalue weighted by Crippen LogP contribution is -2.15. The predicted octanol–water partition coefficient (Wildman–Crippen LogP) is 2.33. The molecule has 0 aliphatic rings. The maximum absolute atomic E-state index is 12.7. The lowest BCUT2D eigenvalue weighted by atomic mass is 10.3. The smallest absolute Gasteiger partial charge is 0.288 e. The van der Waals surface area contributed by atoms with Gasteiger partial charge in [-0.1, -0.05) is 28.9 Å². The van der Waals surface area contributed by atoms with Crippen molar-refractivity contribution >= 4 is 32.7 Å². The zero-order chi connectivity index (χ0) is 15.0. The van der Waals surface area contributed by atoms with Gasteiger partial charge in [0.25, 0.3) is 10.0 Å². The van der Waals surface area contributed by atoms with E-state index < -0.39 is 10.0 Å². The van der Waals surface area contributed by atoms with Crippen molar-refractivity contribution in [1.82, 2.24) is 14.4 Å². The number of hydrogen-bond acceptors (Lipinski definition) is 5. The molecule has 0 fully saturated rings. The van der Waals surface area contributed by atoms with Gasteiger partial charge >= 0.3 is 0 Å². The van der Waals surface area contributed by atoms with Crippen LogP contribution in [0.1, 0.15) is 0 Å². The molecule has 0 saturated carbocycles. The molecule has 0 amide bonds. The minimum atomic E-state index is -3.92. The Hall–Kier alpha value is -2.12. The Morgan fingerprint density at radius 3 is 2.71 bits per heavy atom. The fraction of sp³-hybridized carbons (Fsp3) is 0.0769. The summed E-state index contributed by atoms with van der Waals surface area (Å²) in [5.74, 6) is 0.155. The highest BCUT2D eigenvalue weighted by Gasteiger charge is 2.25. The van der Waals surface area contributed by atoms with E-state index in [0.29, 0.717) is 16.1 Å². The van der Waals surface area contributed by atoms with Crippen molar-refractivity contribution in [3.63, 3.8) is 0 Å². The van der Waals surface area contributed by atoms with Crippen LogP contribution in [-0.4, -0.2) is 29.9 Å². The second-order valence-electron chi connectivity index (χ2n) is 4.22. The van der Waals surface area contributed by atoms with Crippen LogP contribution in [0, 0.1) is 0 Å². The molecular formula is C13H10ClN3O3S. The maximum atomic E-state index is 12.7. The minimum Gasteiger partial charge on any atom is -0.495 e. The first-order chi connectivity index (χ1) is 10.0. The van der Waals surface area contributed by atoms with Crippen molar-refractivity contribution in [1.29, 1.82) is 0 Å². The third-order valence-corrected chi connectivity index (χ3v) is 4.81. The van der Waals surface area contributed by atoms with E-state index in [1.807, 2.05) is 0 Å². The van der Waals surface area contributed by atoms with Crippen molar-refractivity contribution in [2.45, 2.75) is 4.90 Å². The molecule has 0 aliphatic heterocycles. The van der Waals surface area contributed by atoms with Crippen LogP contribution in [0.3, 0.4) is 0 Å². The summed E-state index contributed by atoms with van der Waals surface area (Å²) in [6, 6.07) is 11.1. The lowest BCUT2D eigenvalue weighted by molar-refractivity contribution is 0.402. The number of benzene rings is 2. The Bertz CT molecular complexity index is 921. The topological polar surface area (TPSA) is 74.1 Å². The molecule has 0 aliphatic carbocycles. The van der Waals surface area contributed by atoms with Crippen molar-refractivity contribution in [2.75, 3.05) is 7.11 Å². The third-order valence-electron chi connectivity index (χ3n) is 2.95. The van der Waals surface area contributed by atoms with Crippen LogP contribution >= 0.6 is 11.6 Å². The molecule has 0 spiro atoms. The molecule has 6 nitrogen and oxygen atoms in total. The number of rotatable bonds is 3. The monoisotopic (exact) mass is 323 g/mol. The third kappa shape index (κ3) is 2.24. The standard InChI is InChI=1S/C13H10ClN3O3S/c1-20-12-8-9(14)6-7-13(12)21(18,19)17-11-5-3-2-4-10(11)15-16-17/h2-8H,1H3. The minimum absolute atomic E-state index is 0.0231. The number of halogens is 1. The van der Waals surface area contributed by atoms with Crippen LogP contribution in [0.15, 0.2) is 47.4 Å². The number of nitrogens with zero attached hydrogens (tertiary/aromatic N) is 3. The molecule has 3 aromatic rings. The summed E-state index contributed by atoms with van der Waals surface area (Å²) in [5.41, 5.74) is 0.892. The van der Waals surface area contributed by atoms with Gasteiger partial charge in [-0.15, -0.1) is 9.19 Å². The zero-order valence-corrected chi connectivity index (χ0v) is 12.5. The van der Waals surface area contributed by atoms with E-state index in [-0.39, 0.29) is 10.6 Å². The van der Waals surface area contributed by atoms with Gasteiger partial charge in [-0.2, -0.15) is 8.42 Å². The van der Waals surface area contributed by atoms with E-state index in [0.717, 1.165) is 4.09 Å². The molecular weight excluding hydrogens is 314 g/mol. The summed E-state index contributed by atoms with van der Waals surface area (Å²) in [6.45, 7) is 0. The van der Waals surface area contributed by atoms with Gasteiger partial charge in [-0.3, -0.25) is 0 Å². The first-order valence-electron chi connectivity index (χ1n) is 5.93. The fourth-order valence-corrected chi connectivity index (χ4v) is 3.50. The summed E-state index contributed by atoms with van der Waals surface area (Å²) in [6.07, 6.45) is 0. The van der Waals surface area contributed by atoms with Gasteiger partial charge in [0.15, 0.2) is 0 Å². The molecule has 108 valence electrons. The molecule has 8 heteroatoms. The molecule has 0 unspecified atom stereocenters. The van der Waals surface area contributed by atoms with Crippen LogP contribution in [0.2, 0.25) is 5.02 Å². The van der Waals surface area contributed by atoms with E-state index in [2.05, 4.69) is 10.3 Å². The molecule has 1 heterocycles. The average molecular weight is 324 g/mol. The molecule has 1 aromatic heterocycles. The molecule has 0 atom stereocenters. The van der Waals surface area contributed by atoms with Crippen molar-refractivity contribution in [2.24, 2.45) is 0 Å². The van der Waals surface area contributed by atoms with Gasteiger partial charge in [0, 0.05) is 11.1 Å². The van der Waals surface area contributed by atoms with Crippen LogP contribution in [0.25, 0.3) is 11.0 Å². The molecule has 2 aromatic carbocycles. The normalized spacial score (nSPS) is 11.7. The van der Waals surface area contributed by atoms with E-state index >= 15 is 0 Å². The average Bonchev–Trinajstić information content (AvgIpc) is 2.91. The van der Waals surface area contributed by atoms with Gasteiger partial charge in [0.1, 0.15) is 21.7 Å². The maximum Gasteiger partial charge on any atom is 0.288 e. The fourth-order valence-electron chi connectivity index (χ4n) is 1.97. The second kappa shape index (κ2) is 5.01. The van der Waals surface area contributed by atoms with Crippen LogP contribution < -0.4 is 4.74 Å². The summed E-state index contributed by atoms with van der Waals surface area (Å²) >= 11 is 5.86. The van der Waals surface area contributed by atoms with Crippen LogP contribution in [0.5, 0.6) is 5.75 Å². The number of fused-ring (bicyclic) bond motifs is 1. The first kappa shape index (κ1) is 13.8. The predicted molar refractivity (Wildman–Crippen MR) is 78.1 cm³/mol. The molecule has 0 saturated heterocycles. The Morgan fingerprint density at radius 1 is 1.19 bits per heavy atom. The van der Waals surface area contributed by atoms with Gasteiger partial charge in [-0.05, 0) is 24.3 Å². The van der Waals surface area contributed by atoms with Gasteiger partial charge in [0.2, 0.25) is 0 Å². The number of aromatic nitrogens is 3. The highest BCUT2D eigenvalue weighted by atomic mass is 35.5. The van der Waals surface area contributed by atoms with Gasteiger partial charge < -0.3 is 4.74 Å². The summed E-state index contributed by atoms with van der Waals surface area (Å²) in [7, 11) is -2.54. The highest BCUT2D eigenvalue weighted by Crippen LogP contribution is 2.29. The first-order valence-corrected chi connectivity index (χ1v) is 7.75. The molecule has 0 N–H and O–H groups in total. The van der Waals surface area contributed by atoms with Crippen LogP contribution in [-0.2, 0) is 10.0 Å². The number of ether oxygens (including phenoxy) is 1. The van der Waals surface area contributed by atoms with Crippen molar-refractivity contribution in [3.8, 4) is 5.75 Å². The largest absolute Gasteiger partial charge is 0.495 e. The van der Waals surface area contributed by atoms with E-state index in [9.17, 15) is 8.42 Å². The van der Waals surface area contributed by atoms with Crippen LogP contribution in [0.4, 0.5) is 0 Å². The summed E-state index contributed by atoms with van der Waals surface area (Å²) < 4.78 is 31.5. The summed E-state index contributed by atoms with van der Waals surface area (Å²) in [5, 5.41) is 7.97. The zero-order valence-electron chi connectivity index (χ0n) is 10.9. The Kier molecular flexibility index (Phi) is 3.30. The van der Waals surface area contributed by atoms with Crippen molar-refractivity contribution in [3.05, 3.63) is 47.5 Å². The Labute approximate surface area is 126 Å². The molecule has 21 heavy (non-hydrogen) atoms. The van der Waals surface area contributed by atoms with E-state index in [1.165, 1.54) is 25.3 Å². The molecule has 3 rings (SSSR count). The second-order valence-corrected chi connectivity index (χ2v) is 6.39.